The van der Waals surface area contributed by atoms with Crippen LogP contribution in [-0.4, -0.2) is 323 Å². The Morgan fingerprint density at radius 2 is 0.372 bits per heavy atom. The van der Waals surface area contributed by atoms with Crippen molar-refractivity contribution < 1.29 is 134 Å². The molecule has 0 aromatic carbocycles. The fourth-order valence-electron chi connectivity index (χ4n) is 14.4. The lowest BCUT2D eigenvalue weighted by atomic mass is 10.0. The topological polar surface area (TPSA) is 436 Å². The maximum Gasteiger partial charge on any atom is 0.303 e. The number of carboxylic acids is 2. The number of rotatable bonds is 113. The first-order valence-electron chi connectivity index (χ1n) is 54.3. The lowest BCUT2D eigenvalue weighted by Gasteiger charge is -2.23. The van der Waals surface area contributed by atoms with Crippen LogP contribution in [0.5, 0.6) is 0 Å². The van der Waals surface area contributed by atoms with Gasteiger partial charge in [-0.1, -0.05) is 240 Å². The normalized spacial score (nSPS) is 11.3. The van der Waals surface area contributed by atoms with E-state index >= 15 is 0 Å². The van der Waals surface area contributed by atoms with E-state index in [9.17, 15) is 67.1 Å². The Labute approximate surface area is 890 Å². The second kappa shape index (κ2) is 118. The van der Waals surface area contributed by atoms with E-state index < -0.39 is 11.9 Å². The summed E-state index contributed by atoms with van der Waals surface area (Å²) in [4.78, 5) is 169. The minimum atomic E-state index is -0.734. The van der Waals surface area contributed by atoms with E-state index in [0.717, 1.165) is 103 Å². The predicted octanol–water partition coefficient (Wildman–Crippen LogP) is 17.4. The third kappa shape index (κ3) is 120. The molecular formula is C102H197N6O28P9. The Hall–Kier alpha value is -2.83. The molecule has 0 spiro atoms. The number of amides is 6. The highest BCUT2D eigenvalue weighted by Gasteiger charge is 2.19. The van der Waals surface area contributed by atoms with Crippen LogP contribution in [0.4, 0.5) is 0 Å². The minimum Gasteiger partial charge on any atom is -0.481 e. The number of hydrogen-bond acceptors (Lipinski definition) is 26. The number of aliphatic carboxylic acids is 2. The van der Waals surface area contributed by atoms with E-state index in [1.54, 1.807) is 14.7 Å². The highest BCUT2D eigenvalue weighted by Crippen LogP contribution is 2.25. The lowest BCUT2D eigenvalue weighted by Crippen LogP contribution is -2.37. The van der Waals surface area contributed by atoms with Crippen LogP contribution in [0.3, 0.4) is 0 Å². The minimum absolute atomic E-state index is 0.000338. The Morgan fingerprint density at radius 3 is 0.545 bits per heavy atom. The molecule has 0 aromatic rings. The van der Waals surface area contributed by atoms with Gasteiger partial charge in [-0.2, -0.15) is 0 Å². The van der Waals surface area contributed by atoms with Crippen LogP contribution >= 0.6 is 79.3 Å². The van der Waals surface area contributed by atoms with Crippen LogP contribution in [0.2, 0.25) is 0 Å². The molecule has 0 aliphatic carbocycles. The van der Waals surface area contributed by atoms with Crippen molar-refractivity contribution in [1.29, 1.82) is 0 Å². The molecular weight excluding hydrogens is 2040 g/mol. The highest BCUT2D eigenvalue weighted by molar-refractivity contribution is 8.12. The van der Waals surface area contributed by atoms with Gasteiger partial charge in [0.2, 0.25) is 35.4 Å². The maximum absolute atomic E-state index is 13.0. The number of carbonyl (C=O) groups is 14. The summed E-state index contributed by atoms with van der Waals surface area (Å²) in [6, 6.07) is 0. The molecule has 34 nitrogen and oxygen atoms in total. The van der Waals surface area contributed by atoms with Crippen molar-refractivity contribution in [2.24, 2.45) is 0 Å². The molecule has 0 bridgehead atoms. The number of carbonyl (C=O) groups excluding carboxylic acids is 12. The molecule has 9 atom stereocenters. The fraction of sp³-hybridized carbons (Fsp3) is 0.863. The molecule has 0 aromatic heterocycles. The van der Waals surface area contributed by atoms with Gasteiger partial charge in [0, 0.05) is 149 Å². The van der Waals surface area contributed by atoms with E-state index in [1.165, 1.54) is 135 Å². The van der Waals surface area contributed by atoms with Gasteiger partial charge in [0.05, 0.1) is 159 Å². The predicted molar refractivity (Wildman–Crippen MR) is 602 cm³/mol. The first-order chi connectivity index (χ1) is 70.4. The maximum atomic E-state index is 13.0. The second-order valence-corrected chi connectivity index (χ2v) is 42.8. The van der Waals surface area contributed by atoms with Crippen molar-refractivity contribution in [2.75, 3.05) is 217 Å². The van der Waals surface area contributed by atoms with Gasteiger partial charge in [0.25, 0.3) is 0 Å². The monoisotopic (exact) mass is 2230 g/mol. The molecule has 0 radical (unpaired) electrons. The van der Waals surface area contributed by atoms with Crippen molar-refractivity contribution in [1.82, 2.24) is 30.7 Å². The van der Waals surface area contributed by atoms with Gasteiger partial charge in [-0.3, -0.25) is 67.1 Å². The summed E-state index contributed by atoms with van der Waals surface area (Å²) in [6.07, 6.45) is 50.4. The second-order valence-electron chi connectivity index (χ2n) is 35.7. The third-order valence-electron chi connectivity index (χ3n) is 23.0. The van der Waals surface area contributed by atoms with Crippen molar-refractivity contribution in [3.63, 3.8) is 0 Å². The molecule has 6 amide bonds. The molecule has 5 N–H and O–H groups in total. The smallest absolute Gasteiger partial charge is 0.303 e. The third-order valence-corrected chi connectivity index (χ3v) is 28.5. The number of unbranched alkanes of at least 4 members (excludes halogenated alkanes) is 34. The van der Waals surface area contributed by atoms with Crippen LogP contribution in [0.1, 0.15) is 354 Å². The van der Waals surface area contributed by atoms with Gasteiger partial charge in [-0.15, -0.1) is 26.8 Å². The van der Waals surface area contributed by atoms with Crippen molar-refractivity contribution in [2.45, 2.75) is 354 Å². The largest absolute Gasteiger partial charge is 0.481 e. The van der Waals surface area contributed by atoms with Gasteiger partial charge in [0.1, 0.15) is 0 Å². The van der Waals surface area contributed by atoms with Gasteiger partial charge < -0.3 is 97.7 Å². The zero-order valence-electron chi connectivity index (χ0n) is 88.8. The zero-order chi connectivity index (χ0) is 107. The van der Waals surface area contributed by atoms with E-state index in [0.29, 0.717) is 320 Å². The molecule has 43 heteroatoms. The average Bonchev–Trinajstić information content (AvgIpc) is 0.943. The lowest BCUT2D eigenvalue weighted by molar-refractivity contribution is -0.138. The molecule has 848 valence electrons. The van der Waals surface area contributed by atoms with Crippen LogP contribution in [0.25, 0.3) is 0 Å². The number of carboxylic acid groups (broad SMARTS) is 2. The van der Waals surface area contributed by atoms with Crippen molar-refractivity contribution >= 4 is 160 Å². The summed E-state index contributed by atoms with van der Waals surface area (Å²) < 4.78 is 66.1. The van der Waals surface area contributed by atoms with Crippen LogP contribution in [0.15, 0.2) is 0 Å². The highest BCUT2D eigenvalue weighted by atomic mass is 32.0. The number of nitrogens with one attached hydrogen (secondary N) is 3. The summed E-state index contributed by atoms with van der Waals surface area (Å²) in [5, 5.41) is 26.1. The van der Waals surface area contributed by atoms with E-state index in [4.69, 9.17) is 67.1 Å². The number of hydrogen-bond donors (Lipinski definition) is 5. The molecule has 0 saturated heterocycles. The molecule has 0 heterocycles. The van der Waals surface area contributed by atoms with E-state index in [1.807, 2.05) is 0 Å². The van der Waals surface area contributed by atoms with Gasteiger partial charge >= 0.3 is 11.9 Å². The zero-order valence-corrected chi connectivity index (χ0v) is 98.8. The van der Waals surface area contributed by atoms with Crippen molar-refractivity contribution in [3.8, 4) is 0 Å². The summed E-state index contributed by atoms with van der Waals surface area (Å²) in [6.45, 7) is 15.0. The van der Waals surface area contributed by atoms with Crippen LogP contribution in [-0.2, 0) is 124 Å². The molecule has 0 rings (SSSR count). The standard InChI is InChI=1S/C36H69N2O10P3.C36H71N2O8P3.C30H57N2O10P3/c39-32(16-13-11-9-7-5-3-1-2-4-6-8-10-12-14-18-34(41)42)37-21-15-17-33(40)38(22-26-47-30-28-45-24-19-35(43)49)23-27-48-31-29-46-25-20-36(44)51-50;1-2-3-4-5-6-7-8-9-10-11-12-13-14-15-16-18-33(39)37-22-17-19-34(40)38(23-27-45-31-29-43-25-20-35(41)47)24-28-46-32-30-44-26-21-36(42)49-48;33-26(10-7-5-3-1-2-4-6-8-12-28(35)36)31-15-9-11-27(34)32(16-20-41-24-22-39-18-13-29(37)43)17-21-42-25-23-40-19-14-30(38)45-44/h51H,1-31,49-50H2,(H,37,39)(H,41,42);49H,2-32,47-48H2,1H3,(H,37,39);45H,1-25,43-44H2,(H,31,33)(H,35,36). The summed E-state index contributed by atoms with van der Waals surface area (Å²) in [5.41, 5.74) is 0.495. The quantitative estimate of drug-likeness (QED) is 0.0279. The Bertz CT molecular complexity index is 3150. The molecule has 0 saturated carbocycles. The molecule has 0 aliphatic heterocycles. The Balaban J connectivity index is -0.00000209. The molecule has 0 fully saturated rings. The van der Waals surface area contributed by atoms with E-state index in [-0.39, 0.29) is 99.8 Å². The molecule has 145 heavy (non-hydrogen) atoms. The van der Waals surface area contributed by atoms with Gasteiger partial charge in [0.15, 0.2) is 33.1 Å². The van der Waals surface area contributed by atoms with Crippen LogP contribution < -0.4 is 16.0 Å². The van der Waals surface area contributed by atoms with Crippen molar-refractivity contribution in [3.05, 3.63) is 0 Å². The van der Waals surface area contributed by atoms with E-state index in [2.05, 4.69) is 77.4 Å². The fourth-order valence-corrected chi connectivity index (χ4v) is 16.8. The van der Waals surface area contributed by atoms with Crippen LogP contribution in [0, 0.1) is 0 Å². The summed E-state index contributed by atoms with van der Waals surface area (Å²) >= 11 is 0. The molecule has 0 aliphatic rings. The number of nitrogens with zero attached hydrogens (tertiary/aromatic N) is 3. The summed E-state index contributed by atoms with van der Waals surface area (Å²) in [7, 11) is 14.3. The van der Waals surface area contributed by atoms with Gasteiger partial charge in [-0.25, -0.2) is 0 Å². The Kier molecular flexibility index (Phi) is 119. The first kappa shape index (κ1) is 146. The SMILES string of the molecule is CCCCCCCCCCCCCCCCCC(=O)NCCCC(=O)N(CCOCCOCCC(=O)P)CCOCCOCCC(=O)PP.O=C(O)CCCCCCCCCCC(=O)NCCCC(=O)N(CCOCCOCCC(=O)P)CCOCCOCCC(=O)PP.O=C(O)CCCCCCCCCCCCCCCCC(=O)NCCCC(=O)N(CCOCCOCCC(=O)P)CCOCCOCCC(=O)PP. The molecule has 9 unspecified atom stereocenters. The number of ether oxygens (including phenoxy) is 12. The Morgan fingerprint density at radius 1 is 0.207 bits per heavy atom. The average molecular weight is 2230 g/mol. The first-order valence-corrected chi connectivity index (χ1v) is 64.4. The summed E-state index contributed by atoms with van der Waals surface area (Å²) in [5.74, 6) is -1.40. The van der Waals surface area contributed by atoms with Gasteiger partial charge in [-0.05, 0) is 76.2 Å².